The van der Waals surface area contributed by atoms with Crippen LogP contribution < -0.4 is 10.5 Å². The zero-order valence-corrected chi connectivity index (χ0v) is 12.0. The number of benzene rings is 3. The number of nitrogen functional groups attached to an aromatic ring is 1. The van der Waals surface area contributed by atoms with Gasteiger partial charge in [0, 0.05) is 16.8 Å². The summed E-state index contributed by atoms with van der Waals surface area (Å²) >= 11 is 0. The predicted octanol–water partition coefficient (Wildman–Crippen LogP) is 4.65. The van der Waals surface area contributed by atoms with Crippen LogP contribution in [0.25, 0.3) is 11.1 Å². The highest BCUT2D eigenvalue weighted by Gasteiger charge is 2.11. The Bertz CT molecular complexity index is 771. The van der Waals surface area contributed by atoms with Crippen molar-refractivity contribution in [1.29, 1.82) is 0 Å². The van der Waals surface area contributed by atoms with E-state index in [-0.39, 0.29) is 5.82 Å². The van der Waals surface area contributed by atoms with Crippen LogP contribution in [0.15, 0.2) is 72.8 Å². The van der Waals surface area contributed by atoms with Gasteiger partial charge in [0.15, 0.2) is 0 Å². The molecule has 0 aliphatic rings. The number of hydrogen-bond donors (Lipinski definition) is 1. The molecule has 2 N–H and O–H groups in total. The molecular formula is C19H16FNO. The molecule has 110 valence electrons. The second kappa shape index (κ2) is 6.31. The highest BCUT2D eigenvalue weighted by atomic mass is 19.1. The van der Waals surface area contributed by atoms with Gasteiger partial charge >= 0.3 is 0 Å². The molecule has 3 aromatic carbocycles. The summed E-state index contributed by atoms with van der Waals surface area (Å²) in [6, 6.07) is 21.7. The lowest BCUT2D eigenvalue weighted by molar-refractivity contribution is 0.307. The molecule has 0 spiro atoms. The second-order valence-corrected chi connectivity index (χ2v) is 5.01. The summed E-state index contributed by atoms with van der Waals surface area (Å²) in [6.45, 7) is 0.423. The van der Waals surface area contributed by atoms with Crippen molar-refractivity contribution in [2.75, 3.05) is 5.73 Å². The van der Waals surface area contributed by atoms with Crippen molar-refractivity contribution in [3.8, 4) is 16.9 Å². The van der Waals surface area contributed by atoms with Crippen LogP contribution in [0.3, 0.4) is 0 Å². The molecule has 0 bridgehead atoms. The quantitative estimate of drug-likeness (QED) is 0.710. The van der Waals surface area contributed by atoms with Crippen molar-refractivity contribution in [3.63, 3.8) is 0 Å². The third kappa shape index (κ3) is 3.09. The predicted molar refractivity (Wildman–Crippen MR) is 87.0 cm³/mol. The van der Waals surface area contributed by atoms with E-state index in [4.69, 9.17) is 10.5 Å². The lowest BCUT2D eigenvalue weighted by atomic mass is 10.0. The molecule has 0 atom stereocenters. The zero-order chi connectivity index (χ0) is 15.4. The van der Waals surface area contributed by atoms with E-state index in [2.05, 4.69) is 0 Å². The molecule has 3 rings (SSSR count). The van der Waals surface area contributed by atoms with Crippen LogP contribution in [0.2, 0.25) is 0 Å². The summed E-state index contributed by atoms with van der Waals surface area (Å²) in [6.07, 6.45) is 0. The highest BCUT2D eigenvalue weighted by Crippen LogP contribution is 2.34. The molecule has 3 aromatic rings. The van der Waals surface area contributed by atoms with Gasteiger partial charge in [-0.1, -0.05) is 48.5 Å². The molecule has 2 nitrogen and oxygen atoms in total. The minimum absolute atomic E-state index is 0.294. The van der Waals surface area contributed by atoms with E-state index >= 15 is 0 Å². The average Bonchev–Trinajstić information content (AvgIpc) is 2.55. The number of anilines is 1. The average molecular weight is 293 g/mol. The Hall–Kier alpha value is -2.81. The van der Waals surface area contributed by atoms with Crippen molar-refractivity contribution in [2.45, 2.75) is 6.61 Å². The molecule has 0 aliphatic carbocycles. The smallest absolute Gasteiger partial charge is 0.131 e. The molecule has 0 radical (unpaired) electrons. The van der Waals surface area contributed by atoms with E-state index in [0.717, 1.165) is 5.56 Å². The lowest BCUT2D eigenvalue weighted by Crippen LogP contribution is -1.98. The van der Waals surface area contributed by atoms with E-state index in [1.165, 1.54) is 6.07 Å². The van der Waals surface area contributed by atoms with E-state index in [9.17, 15) is 4.39 Å². The standard InChI is InChI=1S/C19H16FNO/c20-18-9-5-4-8-16(18)17-12-15(21)10-11-19(17)22-13-14-6-2-1-3-7-14/h1-12H,13,21H2. The van der Waals surface area contributed by atoms with Crippen LogP contribution in [0.1, 0.15) is 5.56 Å². The van der Waals surface area contributed by atoms with E-state index in [1.807, 2.05) is 30.3 Å². The third-order valence-electron chi connectivity index (χ3n) is 3.40. The maximum atomic E-state index is 14.1. The van der Waals surface area contributed by atoms with Crippen LogP contribution in [-0.4, -0.2) is 0 Å². The van der Waals surface area contributed by atoms with Gasteiger partial charge in [-0.15, -0.1) is 0 Å². The first-order valence-electron chi connectivity index (χ1n) is 7.05. The fourth-order valence-corrected chi connectivity index (χ4v) is 2.30. The van der Waals surface area contributed by atoms with Crippen LogP contribution in [0.5, 0.6) is 5.75 Å². The first-order valence-corrected chi connectivity index (χ1v) is 7.05. The number of nitrogens with two attached hydrogens (primary N) is 1. The largest absolute Gasteiger partial charge is 0.488 e. The van der Waals surface area contributed by atoms with Crippen LogP contribution in [0.4, 0.5) is 10.1 Å². The Morgan fingerprint density at radius 1 is 0.818 bits per heavy atom. The molecule has 0 saturated heterocycles. The summed E-state index contributed by atoms with van der Waals surface area (Å²) in [4.78, 5) is 0. The molecule has 0 aromatic heterocycles. The van der Waals surface area contributed by atoms with Gasteiger partial charge in [0.2, 0.25) is 0 Å². The topological polar surface area (TPSA) is 35.2 Å². The van der Waals surface area contributed by atoms with E-state index in [1.54, 1.807) is 36.4 Å². The number of rotatable bonds is 4. The van der Waals surface area contributed by atoms with Crippen LogP contribution in [-0.2, 0) is 6.61 Å². The lowest BCUT2D eigenvalue weighted by Gasteiger charge is -2.13. The summed E-state index contributed by atoms with van der Waals surface area (Å²) < 4.78 is 19.9. The summed E-state index contributed by atoms with van der Waals surface area (Å²) in [5.74, 6) is 0.320. The summed E-state index contributed by atoms with van der Waals surface area (Å²) in [5, 5.41) is 0. The third-order valence-corrected chi connectivity index (χ3v) is 3.40. The molecule has 0 heterocycles. The molecule has 0 saturated carbocycles. The number of hydrogen-bond acceptors (Lipinski definition) is 2. The van der Waals surface area contributed by atoms with Gasteiger partial charge in [-0.05, 0) is 29.8 Å². The maximum absolute atomic E-state index is 14.1. The van der Waals surface area contributed by atoms with Gasteiger partial charge in [-0.3, -0.25) is 0 Å². The van der Waals surface area contributed by atoms with Crippen molar-refractivity contribution in [2.24, 2.45) is 0 Å². The fourth-order valence-electron chi connectivity index (χ4n) is 2.30. The Morgan fingerprint density at radius 2 is 1.55 bits per heavy atom. The zero-order valence-electron chi connectivity index (χ0n) is 12.0. The van der Waals surface area contributed by atoms with Gasteiger partial charge < -0.3 is 10.5 Å². The molecule has 22 heavy (non-hydrogen) atoms. The fraction of sp³-hybridized carbons (Fsp3) is 0.0526. The van der Waals surface area contributed by atoms with E-state index < -0.39 is 0 Å². The minimum Gasteiger partial charge on any atom is -0.488 e. The van der Waals surface area contributed by atoms with Crippen molar-refractivity contribution >= 4 is 5.69 Å². The molecule has 0 fully saturated rings. The van der Waals surface area contributed by atoms with Gasteiger partial charge in [-0.2, -0.15) is 0 Å². The van der Waals surface area contributed by atoms with Crippen LogP contribution in [0, 0.1) is 5.82 Å². The Morgan fingerprint density at radius 3 is 2.32 bits per heavy atom. The summed E-state index contributed by atoms with van der Waals surface area (Å²) in [7, 11) is 0. The Balaban J connectivity index is 1.93. The van der Waals surface area contributed by atoms with Crippen molar-refractivity contribution in [1.82, 2.24) is 0 Å². The van der Waals surface area contributed by atoms with Crippen LogP contribution >= 0.6 is 0 Å². The van der Waals surface area contributed by atoms with E-state index in [0.29, 0.717) is 29.2 Å². The monoisotopic (exact) mass is 293 g/mol. The van der Waals surface area contributed by atoms with Gasteiger partial charge in [0.05, 0.1) is 0 Å². The van der Waals surface area contributed by atoms with Crippen molar-refractivity contribution < 1.29 is 9.13 Å². The van der Waals surface area contributed by atoms with Gasteiger partial charge in [0.1, 0.15) is 18.2 Å². The Kier molecular flexibility index (Phi) is 4.05. The molecule has 0 amide bonds. The maximum Gasteiger partial charge on any atom is 0.131 e. The number of ether oxygens (including phenoxy) is 1. The first-order chi connectivity index (χ1) is 10.7. The molecular weight excluding hydrogens is 277 g/mol. The van der Waals surface area contributed by atoms with Crippen molar-refractivity contribution in [3.05, 3.63) is 84.2 Å². The minimum atomic E-state index is -0.294. The normalized spacial score (nSPS) is 10.4. The number of halogens is 1. The molecule has 0 unspecified atom stereocenters. The Labute approximate surface area is 129 Å². The van der Waals surface area contributed by atoms with Gasteiger partial charge in [0.25, 0.3) is 0 Å². The van der Waals surface area contributed by atoms with Gasteiger partial charge in [-0.25, -0.2) is 4.39 Å². The highest BCUT2D eigenvalue weighted by molar-refractivity contribution is 5.74. The first kappa shape index (κ1) is 14.1. The second-order valence-electron chi connectivity index (χ2n) is 5.01. The molecule has 3 heteroatoms. The SMILES string of the molecule is Nc1ccc(OCc2ccccc2)c(-c2ccccc2F)c1. The summed E-state index contributed by atoms with van der Waals surface area (Å²) in [5.41, 5.74) is 8.62. The molecule has 0 aliphatic heterocycles.